The Bertz CT molecular complexity index is 1080. The monoisotopic (exact) mass is 427 g/mol. The largest absolute Gasteiger partial charge is 0.325 e. The number of thioether (sulfide) groups is 1. The van der Waals surface area contributed by atoms with Gasteiger partial charge in [0.1, 0.15) is 11.6 Å². The van der Waals surface area contributed by atoms with Crippen molar-refractivity contribution in [2.24, 2.45) is 7.05 Å². The second kappa shape index (κ2) is 9.53. The van der Waals surface area contributed by atoms with E-state index < -0.39 is 11.7 Å². The Balaban J connectivity index is 1.54. The van der Waals surface area contributed by atoms with Gasteiger partial charge in [-0.05, 0) is 49.2 Å². The zero-order valence-electron chi connectivity index (χ0n) is 16.9. The molecule has 0 atom stereocenters. The van der Waals surface area contributed by atoms with E-state index in [-0.39, 0.29) is 23.8 Å². The van der Waals surface area contributed by atoms with Gasteiger partial charge in [0.15, 0.2) is 5.16 Å². The van der Waals surface area contributed by atoms with Gasteiger partial charge in [-0.25, -0.2) is 4.39 Å². The molecule has 0 fully saturated rings. The highest BCUT2D eigenvalue weighted by molar-refractivity contribution is 7.99. The summed E-state index contributed by atoms with van der Waals surface area (Å²) in [5.41, 5.74) is 3.12. The van der Waals surface area contributed by atoms with Crippen LogP contribution in [0.3, 0.4) is 0 Å². The zero-order chi connectivity index (χ0) is 21.7. The smallest absolute Gasteiger partial charge is 0.234 e. The molecule has 0 saturated carbocycles. The predicted molar refractivity (Wildman–Crippen MR) is 115 cm³/mol. The number of nitrogens with one attached hydrogen (secondary N) is 2. The highest BCUT2D eigenvalue weighted by Gasteiger charge is 2.15. The number of halogens is 1. The minimum absolute atomic E-state index is 0.0623. The molecule has 0 aliphatic heterocycles. The molecule has 1 aromatic heterocycles. The van der Waals surface area contributed by atoms with E-state index in [2.05, 4.69) is 20.8 Å². The van der Waals surface area contributed by atoms with Crippen molar-refractivity contribution in [2.45, 2.75) is 25.4 Å². The van der Waals surface area contributed by atoms with Crippen molar-refractivity contribution in [3.8, 4) is 0 Å². The molecule has 30 heavy (non-hydrogen) atoms. The average Bonchev–Trinajstić information content (AvgIpc) is 3.04. The first-order chi connectivity index (χ1) is 14.3. The van der Waals surface area contributed by atoms with E-state index in [9.17, 15) is 14.0 Å². The van der Waals surface area contributed by atoms with Gasteiger partial charge in [-0.1, -0.05) is 30.0 Å². The molecule has 0 bridgehead atoms. The van der Waals surface area contributed by atoms with Crippen LogP contribution >= 0.6 is 11.8 Å². The van der Waals surface area contributed by atoms with Gasteiger partial charge in [0.2, 0.25) is 11.8 Å². The standard InChI is InChI=1S/C21H22FN5O2S/c1-13-8-9-15(10-14(13)2)23-20(29)12-30-21-26-25-18(27(21)3)11-19(28)24-17-7-5-4-6-16(17)22/h4-10H,11-12H2,1-3H3,(H,23,29)(H,24,28). The minimum Gasteiger partial charge on any atom is -0.325 e. The fourth-order valence-corrected chi connectivity index (χ4v) is 3.40. The van der Waals surface area contributed by atoms with Crippen LogP contribution in [0.25, 0.3) is 0 Å². The number of carbonyl (C=O) groups is 2. The topological polar surface area (TPSA) is 88.9 Å². The molecule has 0 spiro atoms. The number of hydrogen-bond donors (Lipinski definition) is 2. The number of aromatic nitrogens is 3. The number of carbonyl (C=O) groups excluding carboxylic acids is 2. The number of anilines is 2. The summed E-state index contributed by atoms with van der Waals surface area (Å²) in [6.07, 6.45) is -0.0623. The summed E-state index contributed by atoms with van der Waals surface area (Å²) < 4.78 is 15.3. The number of para-hydroxylation sites is 1. The summed E-state index contributed by atoms with van der Waals surface area (Å²) in [5, 5.41) is 13.9. The molecule has 9 heteroatoms. The summed E-state index contributed by atoms with van der Waals surface area (Å²) in [6.45, 7) is 4.00. The first kappa shape index (κ1) is 21.5. The predicted octanol–water partition coefficient (Wildman–Crippen LogP) is 3.48. The van der Waals surface area contributed by atoms with E-state index in [1.54, 1.807) is 23.7 Å². The Morgan fingerprint density at radius 3 is 2.53 bits per heavy atom. The third-order valence-electron chi connectivity index (χ3n) is 4.51. The lowest BCUT2D eigenvalue weighted by Gasteiger charge is -2.08. The first-order valence-electron chi connectivity index (χ1n) is 9.26. The Morgan fingerprint density at radius 1 is 1.03 bits per heavy atom. The average molecular weight is 428 g/mol. The van der Waals surface area contributed by atoms with Crippen LogP contribution in [0.5, 0.6) is 0 Å². The van der Waals surface area contributed by atoms with Crippen LogP contribution in [-0.4, -0.2) is 32.3 Å². The molecule has 0 aliphatic carbocycles. The summed E-state index contributed by atoms with van der Waals surface area (Å²) in [5.74, 6) is -0.499. The van der Waals surface area contributed by atoms with Crippen LogP contribution in [0.4, 0.5) is 15.8 Å². The van der Waals surface area contributed by atoms with E-state index in [0.717, 1.165) is 16.8 Å². The fraction of sp³-hybridized carbons (Fsp3) is 0.238. The molecule has 0 radical (unpaired) electrons. The van der Waals surface area contributed by atoms with Gasteiger partial charge >= 0.3 is 0 Å². The van der Waals surface area contributed by atoms with Crippen molar-refractivity contribution in [2.75, 3.05) is 16.4 Å². The SMILES string of the molecule is Cc1ccc(NC(=O)CSc2nnc(CC(=O)Nc3ccccc3F)n2C)cc1C. The summed E-state index contributed by atoms with van der Waals surface area (Å²) in [6, 6.07) is 11.7. The zero-order valence-corrected chi connectivity index (χ0v) is 17.7. The maximum Gasteiger partial charge on any atom is 0.234 e. The highest BCUT2D eigenvalue weighted by atomic mass is 32.2. The van der Waals surface area contributed by atoms with Crippen molar-refractivity contribution < 1.29 is 14.0 Å². The second-order valence-electron chi connectivity index (χ2n) is 6.80. The minimum atomic E-state index is -0.505. The Kier molecular flexibility index (Phi) is 6.83. The molecule has 3 aromatic rings. The molecular formula is C21H22FN5O2S. The Hall–Kier alpha value is -3.20. The third kappa shape index (κ3) is 5.44. The molecule has 0 unspecified atom stereocenters. The van der Waals surface area contributed by atoms with Crippen molar-refractivity contribution in [1.82, 2.24) is 14.8 Å². The molecule has 0 saturated heterocycles. The number of nitrogens with zero attached hydrogens (tertiary/aromatic N) is 3. The van der Waals surface area contributed by atoms with Crippen LogP contribution in [0.1, 0.15) is 17.0 Å². The fourth-order valence-electron chi connectivity index (χ4n) is 2.67. The van der Waals surface area contributed by atoms with Gasteiger partial charge in [0, 0.05) is 12.7 Å². The Morgan fingerprint density at radius 2 is 1.80 bits per heavy atom. The number of hydrogen-bond acceptors (Lipinski definition) is 5. The van der Waals surface area contributed by atoms with Crippen molar-refractivity contribution in [3.05, 3.63) is 65.2 Å². The normalized spacial score (nSPS) is 10.7. The molecule has 7 nitrogen and oxygen atoms in total. The van der Waals surface area contributed by atoms with E-state index in [1.165, 1.54) is 23.9 Å². The summed E-state index contributed by atoms with van der Waals surface area (Å²) in [4.78, 5) is 24.4. The van der Waals surface area contributed by atoms with E-state index in [4.69, 9.17) is 0 Å². The second-order valence-corrected chi connectivity index (χ2v) is 7.74. The Labute approximate surface area is 178 Å². The van der Waals surface area contributed by atoms with E-state index >= 15 is 0 Å². The summed E-state index contributed by atoms with van der Waals surface area (Å²) >= 11 is 1.22. The molecule has 156 valence electrons. The van der Waals surface area contributed by atoms with Crippen LogP contribution in [0.15, 0.2) is 47.6 Å². The van der Waals surface area contributed by atoms with Gasteiger partial charge in [-0.15, -0.1) is 10.2 Å². The van der Waals surface area contributed by atoms with Crippen LogP contribution in [-0.2, 0) is 23.1 Å². The van der Waals surface area contributed by atoms with Crippen molar-refractivity contribution in [3.63, 3.8) is 0 Å². The quantitative estimate of drug-likeness (QED) is 0.564. The lowest BCUT2D eigenvalue weighted by atomic mass is 10.1. The molecule has 0 aliphatic rings. The van der Waals surface area contributed by atoms with Crippen LogP contribution < -0.4 is 10.6 Å². The van der Waals surface area contributed by atoms with Gasteiger partial charge < -0.3 is 15.2 Å². The van der Waals surface area contributed by atoms with Crippen molar-refractivity contribution >= 4 is 35.0 Å². The van der Waals surface area contributed by atoms with E-state index in [0.29, 0.717) is 11.0 Å². The maximum absolute atomic E-state index is 13.7. The molecule has 1 heterocycles. The molecule has 2 amide bonds. The highest BCUT2D eigenvalue weighted by Crippen LogP contribution is 2.19. The lowest BCUT2D eigenvalue weighted by Crippen LogP contribution is -2.18. The maximum atomic E-state index is 13.7. The molecular weight excluding hydrogens is 405 g/mol. The molecule has 3 rings (SSSR count). The van der Waals surface area contributed by atoms with E-state index in [1.807, 2.05) is 32.0 Å². The van der Waals surface area contributed by atoms with Gasteiger partial charge in [0.25, 0.3) is 0 Å². The first-order valence-corrected chi connectivity index (χ1v) is 10.2. The lowest BCUT2D eigenvalue weighted by molar-refractivity contribution is -0.116. The number of amides is 2. The molecule has 2 aromatic carbocycles. The molecule has 2 N–H and O–H groups in total. The summed E-state index contributed by atoms with van der Waals surface area (Å²) in [7, 11) is 1.72. The van der Waals surface area contributed by atoms with Crippen LogP contribution in [0, 0.1) is 19.7 Å². The van der Waals surface area contributed by atoms with Crippen molar-refractivity contribution in [1.29, 1.82) is 0 Å². The third-order valence-corrected chi connectivity index (χ3v) is 5.53. The van der Waals surface area contributed by atoms with Gasteiger partial charge in [-0.2, -0.15) is 0 Å². The van der Waals surface area contributed by atoms with Gasteiger partial charge in [0.05, 0.1) is 17.9 Å². The van der Waals surface area contributed by atoms with Crippen LogP contribution in [0.2, 0.25) is 0 Å². The number of aryl methyl sites for hydroxylation is 2. The number of benzene rings is 2. The number of rotatable bonds is 7. The van der Waals surface area contributed by atoms with Gasteiger partial charge in [-0.3, -0.25) is 9.59 Å².